The first-order valence-corrected chi connectivity index (χ1v) is 7.47. The molecular formula is C11H6BrClIN5. The van der Waals surface area contributed by atoms with Gasteiger partial charge in [0.05, 0.1) is 6.33 Å². The number of hydrogen-bond acceptors (Lipinski definition) is 4. The van der Waals surface area contributed by atoms with E-state index in [0.717, 1.165) is 19.2 Å². The first kappa shape index (κ1) is 13.1. The highest BCUT2D eigenvalue weighted by Gasteiger charge is 2.09. The number of hydrogen-bond donors (Lipinski definition) is 2. The molecule has 2 heterocycles. The SMILES string of the molecule is Clc1nc(Nc2ccc(Br)c(I)c2)c2[nH]cnc2n1. The summed E-state index contributed by atoms with van der Waals surface area (Å²) in [7, 11) is 0. The Kier molecular flexibility index (Phi) is 3.59. The van der Waals surface area contributed by atoms with Gasteiger partial charge in [0, 0.05) is 13.7 Å². The van der Waals surface area contributed by atoms with Crippen LogP contribution >= 0.6 is 50.1 Å². The quantitative estimate of drug-likeness (QED) is 0.456. The molecule has 0 unspecified atom stereocenters. The van der Waals surface area contributed by atoms with Gasteiger partial charge in [-0.3, -0.25) is 0 Å². The summed E-state index contributed by atoms with van der Waals surface area (Å²) >= 11 is 11.6. The van der Waals surface area contributed by atoms with E-state index in [1.54, 1.807) is 6.33 Å². The lowest BCUT2D eigenvalue weighted by atomic mass is 10.3. The topological polar surface area (TPSA) is 66.5 Å². The average Bonchev–Trinajstić information content (AvgIpc) is 2.82. The minimum absolute atomic E-state index is 0.161. The zero-order valence-corrected chi connectivity index (χ0v) is 13.8. The summed E-state index contributed by atoms with van der Waals surface area (Å²) in [6.45, 7) is 0. The van der Waals surface area contributed by atoms with E-state index in [2.05, 4.69) is 63.8 Å². The zero-order chi connectivity index (χ0) is 13.4. The third-order valence-electron chi connectivity index (χ3n) is 2.44. The summed E-state index contributed by atoms with van der Waals surface area (Å²) in [6, 6.07) is 5.92. The van der Waals surface area contributed by atoms with Crippen molar-refractivity contribution in [1.82, 2.24) is 19.9 Å². The number of rotatable bonds is 2. The van der Waals surface area contributed by atoms with E-state index in [9.17, 15) is 0 Å². The first-order valence-electron chi connectivity index (χ1n) is 5.22. The Labute approximate surface area is 135 Å². The van der Waals surface area contributed by atoms with Gasteiger partial charge in [-0.1, -0.05) is 0 Å². The van der Waals surface area contributed by atoms with Crippen LogP contribution in [0.1, 0.15) is 0 Å². The van der Waals surface area contributed by atoms with Crippen LogP contribution in [0.25, 0.3) is 11.2 Å². The lowest BCUT2D eigenvalue weighted by Crippen LogP contribution is -1.97. The van der Waals surface area contributed by atoms with Crippen molar-refractivity contribution in [2.75, 3.05) is 5.32 Å². The van der Waals surface area contributed by atoms with Gasteiger partial charge in [-0.2, -0.15) is 9.97 Å². The number of aromatic nitrogens is 4. The minimum Gasteiger partial charge on any atom is -0.340 e. The van der Waals surface area contributed by atoms with E-state index >= 15 is 0 Å². The number of imidazole rings is 1. The Balaban J connectivity index is 2.04. The molecule has 19 heavy (non-hydrogen) atoms. The number of fused-ring (bicyclic) bond motifs is 1. The molecule has 5 nitrogen and oxygen atoms in total. The Hall–Kier alpha value is -0.930. The maximum absolute atomic E-state index is 5.88. The predicted octanol–water partition coefficient (Wildman–Crippen LogP) is 4.12. The highest BCUT2D eigenvalue weighted by atomic mass is 127. The second kappa shape index (κ2) is 5.22. The highest BCUT2D eigenvalue weighted by Crippen LogP contribution is 2.26. The highest BCUT2D eigenvalue weighted by molar-refractivity contribution is 14.1. The van der Waals surface area contributed by atoms with Crippen LogP contribution in [0, 0.1) is 3.57 Å². The van der Waals surface area contributed by atoms with Crippen molar-refractivity contribution in [3.63, 3.8) is 0 Å². The number of anilines is 2. The molecule has 0 aliphatic rings. The van der Waals surface area contributed by atoms with Gasteiger partial charge in [0.1, 0.15) is 5.52 Å². The summed E-state index contributed by atoms with van der Waals surface area (Å²) in [5.74, 6) is 0.602. The van der Waals surface area contributed by atoms with Crippen LogP contribution in [0.5, 0.6) is 0 Å². The van der Waals surface area contributed by atoms with Crippen LogP contribution < -0.4 is 5.32 Å². The third kappa shape index (κ3) is 2.67. The van der Waals surface area contributed by atoms with Crippen molar-refractivity contribution in [3.05, 3.63) is 37.9 Å². The van der Waals surface area contributed by atoms with Crippen molar-refractivity contribution in [2.24, 2.45) is 0 Å². The molecule has 8 heteroatoms. The number of halogens is 3. The Morgan fingerprint density at radius 1 is 1.32 bits per heavy atom. The molecule has 0 aliphatic heterocycles. The fourth-order valence-electron chi connectivity index (χ4n) is 1.61. The molecule has 0 spiro atoms. The molecule has 96 valence electrons. The number of nitrogens with one attached hydrogen (secondary N) is 2. The van der Waals surface area contributed by atoms with E-state index < -0.39 is 0 Å². The van der Waals surface area contributed by atoms with Crippen molar-refractivity contribution >= 4 is 72.8 Å². The van der Waals surface area contributed by atoms with E-state index in [4.69, 9.17) is 11.6 Å². The summed E-state index contributed by atoms with van der Waals surface area (Å²) in [5, 5.41) is 3.37. The summed E-state index contributed by atoms with van der Waals surface area (Å²) < 4.78 is 2.15. The third-order valence-corrected chi connectivity index (χ3v) is 4.93. The molecule has 0 saturated heterocycles. The average molecular weight is 450 g/mol. The van der Waals surface area contributed by atoms with Gasteiger partial charge in [0.15, 0.2) is 11.5 Å². The molecule has 0 aliphatic carbocycles. The van der Waals surface area contributed by atoms with E-state index in [1.807, 2.05) is 18.2 Å². The van der Waals surface area contributed by atoms with Crippen LogP contribution in [-0.2, 0) is 0 Å². The molecule has 0 bridgehead atoms. The van der Waals surface area contributed by atoms with Crippen molar-refractivity contribution in [2.45, 2.75) is 0 Å². The second-order valence-electron chi connectivity index (χ2n) is 3.70. The molecule has 0 radical (unpaired) electrons. The summed E-state index contributed by atoms with van der Waals surface area (Å²) in [5.41, 5.74) is 2.18. The monoisotopic (exact) mass is 449 g/mol. The van der Waals surface area contributed by atoms with Gasteiger partial charge in [-0.25, -0.2) is 4.98 Å². The predicted molar refractivity (Wildman–Crippen MR) is 86.8 cm³/mol. The van der Waals surface area contributed by atoms with Crippen LogP contribution in [0.4, 0.5) is 11.5 Å². The fraction of sp³-hybridized carbons (Fsp3) is 0. The number of nitrogens with zero attached hydrogens (tertiary/aromatic N) is 3. The number of H-pyrrole nitrogens is 1. The molecule has 0 saturated carbocycles. The maximum atomic E-state index is 5.88. The van der Waals surface area contributed by atoms with E-state index in [1.165, 1.54) is 0 Å². The molecular weight excluding hydrogens is 444 g/mol. The molecule has 3 aromatic rings. The largest absolute Gasteiger partial charge is 0.340 e. The van der Waals surface area contributed by atoms with Gasteiger partial charge in [-0.15, -0.1) is 0 Å². The first-order chi connectivity index (χ1) is 9.13. The molecule has 1 aromatic carbocycles. The van der Waals surface area contributed by atoms with Gasteiger partial charge < -0.3 is 10.3 Å². The molecule has 0 amide bonds. The van der Waals surface area contributed by atoms with Gasteiger partial charge in [-0.05, 0) is 68.3 Å². The smallest absolute Gasteiger partial charge is 0.226 e. The summed E-state index contributed by atoms with van der Waals surface area (Å²) in [4.78, 5) is 15.3. The van der Waals surface area contributed by atoms with E-state index in [0.29, 0.717) is 11.5 Å². The minimum atomic E-state index is 0.161. The van der Waals surface area contributed by atoms with Gasteiger partial charge >= 0.3 is 0 Å². The molecule has 2 aromatic heterocycles. The van der Waals surface area contributed by atoms with Crippen LogP contribution in [0.3, 0.4) is 0 Å². The van der Waals surface area contributed by atoms with Gasteiger partial charge in [0.2, 0.25) is 5.28 Å². The lowest BCUT2D eigenvalue weighted by molar-refractivity contribution is 1.20. The Morgan fingerprint density at radius 2 is 2.16 bits per heavy atom. The van der Waals surface area contributed by atoms with Gasteiger partial charge in [0.25, 0.3) is 0 Å². The normalized spacial score (nSPS) is 10.9. The van der Waals surface area contributed by atoms with Crippen LogP contribution in [0.15, 0.2) is 29.0 Å². The molecule has 3 rings (SSSR count). The Morgan fingerprint density at radius 3 is 2.95 bits per heavy atom. The van der Waals surface area contributed by atoms with Crippen LogP contribution in [0.2, 0.25) is 5.28 Å². The zero-order valence-electron chi connectivity index (χ0n) is 9.28. The Bertz CT molecular complexity index is 760. The number of aromatic amines is 1. The standard InChI is InChI=1S/C11H6BrClIN5/c12-6-2-1-5(3-7(6)14)17-10-8-9(16-4-15-8)18-11(13)19-10/h1-4H,(H2,15,16,17,18,19). The molecule has 2 N–H and O–H groups in total. The number of benzene rings is 1. The lowest BCUT2D eigenvalue weighted by Gasteiger charge is -2.07. The van der Waals surface area contributed by atoms with E-state index in [-0.39, 0.29) is 5.28 Å². The molecule has 0 atom stereocenters. The summed E-state index contributed by atoms with van der Waals surface area (Å²) in [6.07, 6.45) is 1.56. The molecule has 0 fully saturated rings. The second-order valence-corrected chi connectivity index (χ2v) is 6.05. The maximum Gasteiger partial charge on any atom is 0.226 e. The van der Waals surface area contributed by atoms with Crippen LogP contribution in [-0.4, -0.2) is 19.9 Å². The van der Waals surface area contributed by atoms with Crippen molar-refractivity contribution in [1.29, 1.82) is 0 Å². The van der Waals surface area contributed by atoms with Crippen molar-refractivity contribution < 1.29 is 0 Å². The fourth-order valence-corrected chi connectivity index (χ4v) is 2.53. The van der Waals surface area contributed by atoms with Crippen molar-refractivity contribution in [3.8, 4) is 0 Å².